The molecule has 0 saturated carbocycles. The zero-order valence-electron chi connectivity index (χ0n) is 36.1. The van der Waals surface area contributed by atoms with Crippen molar-refractivity contribution in [3.05, 3.63) is 261 Å². The van der Waals surface area contributed by atoms with E-state index in [0.717, 1.165) is 51.2 Å². The molecule has 0 amide bonds. The standard InChI is InChI=1S/C62H43N3S/c1-4-17-44(18-5-1)47-31-35-52(36-32-47)65(60-29-16-28-59-58-27-14-15-30-61(58)66-62(59)60)57-42-55(63(50-23-6-2-7-24-50)53-37-33-45-19-10-12-21-48(45)39-53)41-56(43-57)64(51-25-8-3-9-26-51)54-38-34-46-20-11-13-22-49(46)40-54/h1-43H. The Labute approximate surface area is 388 Å². The summed E-state index contributed by atoms with van der Waals surface area (Å²) in [4.78, 5) is 7.27. The third-order valence-electron chi connectivity index (χ3n) is 12.5. The molecule has 312 valence electrons. The highest BCUT2D eigenvalue weighted by Gasteiger charge is 2.24. The Balaban J connectivity index is 1.16. The molecule has 0 atom stereocenters. The van der Waals surface area contributed by atoms with E-state index < -0.39 is 0 Å². The smallest absolute Gasteiger partial charge is 0.0640 e. The topological polar surface area (TPSA) is 9.72 Å². The van der Waals surface area contributed by atoms with Crippen LogP contribution in [0.5, 0.6) is 0 Å². The van der Waals surface area contributed by atoms with Gasteiger partial charge in [-0.15, -0.1) is 11.3 Å². The van der Waals surface area contributed by atoms with Gasteiger partial charge in [-0.1, -0.05) is 170 Å². The first-order chi connectivity index (χ1) is 32.7. The molecular formula is C62H43N3S. The van der Waals surface area contributed by atoms with E-state index in [1.165, 1.54) is 52.8 Å². The van der Waals surface area contributed by atoms with Crippen LogP contribution in [0.3, 0.4) is 0 Å². The molecule has 0 fully saturated rings. The van der Waals surface area contributed by atoms with Gasteiger partial charge in [0.25, 0.3) is 0 Å². The molecule has 11 aromatic carbocycles. The number of hydrogen-bond donors (Lipinski definition) is 0. The first kappa shape index (κ1) is 39.2. The predicted molar refractivity (Wildman–Crippen MR) is 284 cm³/mol. The van der Waals surface area contributed by atoms with E-state index in [9.17, 15) is 0 Å². The minimum atomic E-state index is 1.03. The first-order valence-electron chi connectivity index (χ1n) is 22.4. The van der Waals surface area contributed by atoms with Gasteiger partial charge in [-0.2, -0.15) is 0 Å². The predicted octanol–water partition coefficient (Wildman–Crippen LogP) is 18.4. The number of anilines is 9. The second-order valence-electron chi connectivity index (χ2n) is 16.6. The maximum absolute atomic E-state index is 2.46. The highest BCUT2D eigenvalue weighted by molar-refractivity contribution is 7.26. The molecule has 0 N–H and O–H groups in total. The fourth-order valence-electron chi connectivity index (χ4n) is 9.42. The molecule has 0 radical (unpaired) electrons. The van der Waals surface area contributed by atoms with Crippen LogP contribution in [0.1, 0.15) is 0 Å². The fraction of sp³-hybridized carbons (Fsp3) is 0. The normalized spacial score (nSPS) is 11.3. The van der Waals surface area contributed by atoms with Crippen LogP contribution >= 0.6 is 11.3 Å². The zero-order valence-corrected chi connectivity index (χ0v) is 36.9. The summed E-state index contributed by atoms with van der Waals surface area (Å²) in [6.07, 6.45) is 0. The van der Waals surface area contributed by atoms with Gasteiger partial charge < -0.3 is 14.7 Å². The molecule has 0 aliphatic heterocycles. The van der Waals surface area contributed by atoms with Crippen LogP contribution < -0.4 is 14.7 Å². The summed E-state index contributed by atoms with van der Waals surface area (Å²) in [5.74, 6) is 0. The lowest BCUT2D eigenvalue weighted by molar-refractivity contribution is 1.23. The Morgan fingerprint density at radius 2 is 0.667 bits per heavy atom. The molecule has 1 heterocycles. The highest BCUT2D eigenvalue weighted by Crippen LogP contribution is 2.49. The average molecular weight is 862 g/mol. The Morgan fingerprint density at radius 3 is 1.24 bits per heavy atom. The summed E-state index contributed by atoms with van der Waals surface area (Å²) in [6.45, 7) is 0. The number of thiophene rings is 1. The summed E-state index contributed by atoms with van der Waals surface area (Å²) in [5, 5.41) is 7.30. The summed E-state index contributed by atoms with van der Waals surface area (Å²) >= 11 is 1.85. The zero-order chi connectivity index (χ0) is 43.8. The maximum atomic E-state index is 2.46. The third kappa shape index (κ3) is 7.30. The Bertz CT molecular complexity index is 3520. The lowest BCUT2D eigenvalue weighted by atomic mass is 10.0. The molecule has 66 heavy (non-hydrogen) atoms. The van der Waals surface area contributed by atoms with Crippen LogP contribution in [-0.4, -0.2) is 0 Å². The fourth-order valence-corrected chi connectivity index (χ4v) is 10.6. The van der Waals surface area contributed by atoms with Crippen molar-refractivity contribution in [2.75, 3.05) is 14.7 Å². The van der Waals surface area contributed by atoms with Crippen molar-refractivity contribution in [3.8, 4) is 11.1 Å². The number of benzene rings is 11. The molecular weight excluding hydrogens is 819 g/mol. The van der Waals surface area contributed by atoms with Crippen molar-refractivity contribution in [2.24, 2.45) is 0 Å². The van der Waals surface area contributed by atoms with Crippen LogP contribution in [0.2, 0.25) is 0 Å². The molecule has 12 aromatic rings. The molecule has 0 bridgehead atoms. The molecule has 1 aromatic heterocycles. The van der Waals surface area contributed by atoms with E-state index in [1.54, 1.807) is 0 Å². The van der Waals surface area contributed by atoms with Crippen molar-refractivity contribution in [1.29, 1.82) is 0 Å². The molecule has 0 saturated heterocycles. The Morgan fingerprint density at radius 1 is 0.242 bits per heavy atom. The van der Waals surface area contributed by atoms with Crippen LogP contribution in [-0.2, 0) is 0 Å². The number of para-hydroxylation sites is 2. The van der Waals surface area contributed by atoms with Crippen molar-refractivity contribution < 1.29 is 0 Å². The first-order valence-corrected chi connectivity index (χ1v) is 23.2. The third-order valence-corrected chi connectivity index (χ3v) is 13.7. The van der Waals surface area contributed by atoms with Crippen molar-refractivity contribution in [3.63, 3.8) is 0 Å². The summed E-state index contributed by atoms with van der Waals surface area (Å²) in [7, 11) is 0. The SMILES string of the molecule is c1ccc(-c2ccc(N(c3cc(N(c4ccccc4)c4ccc5ccccc5c4)cc(N(c4ccccc4)c4ccc5ccccc5c4)c3)c3cccc4c3sc3ccccc34)cc2)cc1. The molecule has 0 unspecified atom stereocenters. The molecule has 0 aliphatic rings. The monoisotopic (exact) mass is 861 g/mol. The van der Waals surface area contributed by atoms with Crippen molar-refractivity contribution in [1.82, 2.24) is 0 Å². The maximum Gasteiger partial charge on any atom is 0.0640 e. The summed E-state index contributed by atoms with van der Waals surface area (Å²) < 4.78 is 2.51. The summed E-state index contributed by atoms with van der Waals surface area (Å²) in [6, 6.07) is 94.6. The number of nitrogens with zero attached hydrogens (tertiary/aromatic N) is 3. The van der Waals surface area contributed by atoms with Crippen molar-refractivity contribution in [2.45, 2.75) is 0 Å². The van der Waals surface area contributed by atoms with Gasteiger partial charge in [0.1, 0.15) is 0 Å². The Hall–Kier alpha value is -8.44. The van der Waals surface area contributed by atoms with Gasteiger partial charge >= 0.3 is 0 Å². The summed E-state index contributed by atoms with van der Waals surface area (Å²) in [5.41, 5.74) is 11.9. The molecule has 0 spiro atoms. The van der Waals surface area contributed by atoms with E-state index >= 15 is 0 Å². The van der Waals surface area contributed by atoms with Gasteiger partial charge in [0.15, 0.2) is 0 Å². The molecule has 12 rings (SSSR count). The van der Waals surface area contributed by atoms with E-state index in [1.807, 2.05) is 11.3 Å². The minimum Gasteiger partial charge on any atom is -0.310 e. The quantitative estimate of drug-likeness (QED) is 0.136. The minimum absolute atomic E-state index is 1.03. The highest BCUT2D eigenvalue weighted by atomic mass is 32.1. The molecule has 0 aliphatic carbocycles. The van der Waals surface area contributed by atoms with Crippen LogP contribution in [0.15, 0.2) is 261 Å². The average Bonchev–Trinajstić information content (AvgIpc) is 3.77. The van der Waals surface area contributed by atoms with Crippen LogP contribution in [0.4, 0.5) is 51.2 Å². The number of hydrogen-bond acceptors (Lipinski definition) is 4. The van der Waals surface area contributed by atoms with Gasteiger partial charge in [-0.25, -0.2) is 0 Å². The van der Waals surface area contributed by atoms with Gasteiger partial charge in [0.2, 0.25) is 0 Å². The molecule has 4 heteroatoms. The Kier molecular flexibility index (Phi) is 10.0. The van der Waals surface area contributed by atoms with Crippen LogP contribution in [0, 0.1) is 0 Å². The van der Waals surface area contributed by atoms with Gasteiger partial charge in [-0.3, -0.25) is 0 Å². The second kappa shape index (κ2) is 16.9. The lowest BCUT2D eigenvalue weighted by Crippen LogP contribution is -2.16. The van der Waals surface area contributed by atoms with Crippen LogP contribution in [0.25, 0.3) is 52.8 Å². The van der Waals surface area contributed by atoms with Gasteiger partial charge in [-0.05, 0) is 124 Å². The largest absolute Gasteiger partial charge is 0.310 e. The number of rotatable bonds is 10. The lowest BCUT2D eigenvalue weighted by Gasteiger charge is -2.33. The second-order valence-corrected chi connectivity index (χ2v) is 17.7. The van der Waals surface area contributed by atoms with E-state index in [2.05, 4.69) is 276 Å². The van der Waals surface area contributed by atoms with E-state index in [-0.39, 0.29) is 0 Å². The number of fused-ring (bicyclic) bond motifs is 5. The van der Waals surface area contributed by atoms with E-state index in [0.29, 0.717) is 0 Å². The van der Waals surface area contributed by atoms with Crippen molar-refractivity contribution >= 4 is 104 Å². The van der Waals surface area contributed by atoms with Gasteiger partial charge in [0, 0.05) is 43.9 Å². The molecule has 3 nitrogen and oxygen atoms in total. The van der Waals surface area contributed by atoms with Gasteiger partial charge in [0.05, 0.1) is 27.4 Å². The van der Waals surface area contributed by atoms with E-state index in [4.69, 9.17) is 0 Å².